The van der Waals surface area contributed by atoms with Crippen molar-refractivity contribution >= 4 is 23.3 Å². The summed E-state index contributed by atoms with van der Waals surface area (Å²) in [5.74, 6) is -0.989. The predicted octanol–water partition coefficient (Wildman–Crippen LogP) is 3.29. The van der Waals surface area contributed by atoms with E-state index in [4.69, 9.17) is 22.4 Å². The Balaban J connectivity index is 2.63. The maximum atomic E-state index is 10.9. The van der Waals surface area contributed by atoms with Crippen LogP contribution in [0.5, 0.6) is 0 Å². The fourth-order valence-electron chi connectivity index (χ4n) is 1.61. The lowest BCUT2D eigenvalue weighted by Crippen LogP contribution is -1.97. The minimum Gasteiger partial charge on any atom is -0.478 e. The summed E-state index contributed by atoms with van der Waals surface area (Å²) >= 11 is 6.06. The van der Waals surface area contributed by atoms with Crippen LogP contribution in [0.15, 0.2) is 42.5 Å². The van der Waals surface area contributed by atoms with Crippen LogP contribution >= 0.6 is 11.6 Å². The molecule has 0 aliphatic carbocycles. The van der Waals surface area contributed by atoms with Crippen molar-refractivity contribution in [3.63, 3.8) is 0 Å². The second kappa shape index (κ2) is 4.47. The van der Waals surface area contributed by atoms with Gasteiger partial charge in [0.2, 0.25) is 0 Å². The highest BCUT2D eigenvalue weighted by Crippen LogP contribution is 2.32. The number of anilines is 1. The van der Waals surface area contributed by atoms with Gasteiger partial charge < -0.3 is 10.8 Å². The Bertz CT molecular complexity index is 581. The molecule has 2 aromatic carbocycles. The highest BCUT2D eigenvalue weighted by atomic mass is 35.5. The Morgan fingerprint density at radius 1 is 1.12 bits per heavy atom. The van der Waals surface area contributed by atoms with Crippen molar-refractivity contribution in [1.82, 2.24) is 0 Å². The highest BCUT2D eigenvalue weighted by molar-refractivity contribution is 6.33. The van der Waals surface area contributed by atoms with Gasteiger partial charge in [0.1, 0.15) is 0 Å². The van der Waals surface area contributed by atoms with Gasteiger partial charge in [0, 0.05) is 21.8 Å². The number of carboxylic acids is 1. The second-order valence-electron chi connectivity index (χ2n) is 3.59. The summed E-state index contributed by atoms with van der Waals surface area (Å²) in [5, 5.41) is 9.42. The molecule has 0 atom stereocenters. The van der Waals surface area contributed by atoms with E-state index < -0.39 is 5.97 Å². The van der Waals surface area contributed by atoms with E-state index in [0.29, 0.717) is 16.3 Å². The number of hydrogen-bond acceptors (Lipinski definition) is 2. The molecule has 2 rings (SSSR count). The van der Waals surface area contributed by atoms with Crippen LogP contribution in [-0.4, -0.2) is 11.1 Å². The molecule has 0 amide bonds. The molecule has 0 heterocycles. The van der Waals surface area contributed by atoms with E-state index >= 15 is 0 Å². The first-order valence-corrected chi connectivity index (χ1v) is 5.35. The molecule has 0 aromatic heterocycles. The first-order valence-electron chi connectivity index (χ1n) is 4.97. The Morgan fingerprint density at radius 3 is 2.47 bits per heavy atom. The van der Waals surface area contributed by atoms with Crippen molar-refractivity contribution < 1.29 is 9.90 Å². The zero-order valence-corrected chi connectivity index (χ0v) is 9.61. The molecule has 0 aliphatic heterocycles. The lowest BCUT2D eigenvalue weighted by Gasteiger charge is -2.08. The lowest BCUT2D eigenvalue weighted by molar-refractivity contribution is 0.0697. The molecule has 3 N–H and O–H groups in total. The summed E-state index contributed by atoms with van der Waals surface area (Å²) in [6, 6.07) is 11.8. The molecule has 3 nitrogen and oxygen atoms in total. The number of nitrogen functional groups attached to an aromatic ring is 1. The zero-order valence-electron chi connectivity index (χ0n) is 8.85. The van der Waals surface area contributed by atoms with E-state index in [1.165, 1.54) is 12.1 Å². The molecule has 17 heavy (non-hydrogen) atoms. The van der Waals surface area contributed by atoms with Gasteiger partial charge in [-0.2, -0.15) is 0 Å². The van der Waals surface area contributed by atoms with Gasteiger partial charge in [-0.25, -0.2) is 4.79 Å². The predicted molar refractivity (Wildman–Crippen MR) is 68.3 cm³/mol. The van der Waals surface area contributed by atoms with Gasteiger partial charge in [-0.15, -0.1) is 0 Å². The van der Waals surface area contributed by atoms with Crippen molar-refractivity contribution in [3.8, 4) is 11.1 Å². The normalized spacial score (nSPS) is 10.2. The average molecular weight is 248 g/mol. The number of nitrogens with two attached hydrogens (primary N) is 1. The van der Waals surface area contributed by atoms with Crippen molar-refractivity contribution in [3.05, 3.63) is 53.1 Å². The van der Waals surface area contributed by atoms with E-state index in [0.717, 1.165) is 5.56 Å². The first-order chi connectivity index (χ1) is 8.09. The number of hydrogen-bond donors (Lipinski definition) is 2. The van der Waals surface area contributed by atoms with Gasteiger partial charge in [-0.3, -0.25) is 0 Å². The molecule has 2 aromatic rings. The van der Waals surface area contributed by atoms with Gasteiger partial charge in [-0.05, 0) is 24.3 Å². The van der Waals surface area contributed by atoms with Crippen LogP contribution in [0.3, 0.4) is 0 Å². The zero-order chi connectivity index (χ0) is 12.4. The molecular weight excluding hydrogens is 238 g/mol. The lowest BCUT2D eigenvalue weighted by atomic mass is 10.0. The van der Waals surface area contributed by atoms with Gasteiger partial charge >= 0.3 is 5.97 Å². The van der Waals surface area contributed by atoms with E-state index in [1.54, 1.807) is 12.1 Å². The number of aromatic carboxylic acids is 1. The molecule has 0 saturated carbocycles. The third-order valence-electron chi connectivity index (χ3n) is 2.46. The van der Waals surface area contributed by atoms with Crippen molar-refractivity contribution in [1.29, 1.82) is 0 Å². The molecule has 4 heteroatoms. The largest absolute Gasteiger partial charge is 0.478 e. The Labute approximate surface area is 103 Å². The summed E-state index contributed by atoms with van der Waals surface area (Å²) in [6.45, 7) is 0. The SMILES string of the molecule is Nc1ccccc1-c1cc(C(=O)O)ccc1Cl. The van der Waals surface area contributed by atoms with E-state index in [2.05, 4.69) is 0 Å². The summed E-state index contributed by atoms with van der Waals surface area (Å²) in [4.78, 5) is 10.9. The van der Waals surface area contributed by atoms with Crippen molar-refractivity contribution in [2.45, 2.75) is 0 Å². The Morgan fingerprint density at radius 2 is 1.82 bits per heavy atom. The number of para-hydroxylation sites is 1. The first kappa shape index (κ1) is 11.5. The number of carboxylic acid groups (broad SMARTS) is 1. The van der Waals surface area contributed by atoms with Crippen LogP contribution in [0.25, 0.3) is 11.1 Å². The third kappa shape index (κ3) is 2.24. The number of rotatable bonds is 2. The smallest absolute Gasteiger partial charge is 0.335 e. The molecular formula is C13H10ClNO2. The number of carbonyl (C=O) groups is 1. The molecule has 0 saturated heterocycles. The third-order valence-corrected chi connectivity index (χ3v) is 2.79. The second-order valence-corrected chi connectivity index (χ2v) is 3.99. The molecule has 0 fully saturated rings. The summed E-state index contributed by atoms with van der Waals surface area (Å²) in [7, 11) is 0. The van der Waals surface area contributed by atoms with Crippen LogP contribution in [0, 0.1) is 0 Å². The average Bonchev–Trinajstić information content (AvgIpc) is 2.30. The molecule has 0 unspecified atom stereocenters. The van der Waals surface area contributed by atoms with E-state index in [1.807, 2.05) is 18.2 Å². The van der Waals surface area contributed by atoms with Crippen LogP contribution in [0.2, 0.25) is 5.02 Å². The topological polar surface area (TPSA) is 63.3 Å². The fourth-order valence-corrected chi connectivity index (χ4v) is 1.83. The molecule has 0 bridgehead atoms. The fraction of sp³-hybridized carbons (Fsp3) is 0. The van der Waals surface area contributed by atoms with Crippen LogP contribution in [0.1, 0.15) is 10.4 Å². The molecule has 0 spiro atoms. The Hall–Kier alpha value is -2.00. The van der Waals surface area contributed by atoms with Crippen molar-refractivity contribution in [2.75, 3.05) is 5.73 Å². The quantitative estimate of drug-likeness (QED) is 0.801. The molecule has 86 valence electrons. The number of benzene rings is 2. The van der Waals surface area contributed by atoms with E-state index in [9.17, 15) is 4.79 Å². The van der Waals surface area contributed by atoms with Crippen LogP contribution in [0.4, 0.5) is 5.69 Å². The minimum atomic E-state index is -0.989. The van der Waals surface area contributed by atoms with E-state index in [-0.39, 0.29) is 5.56 Å². The summed E-state index contributed by atoms with van der Waals surface area (Å²) < 4.78 is 0. The number of halogens is 1. The highest BCUT2D eigenvalue weighted by Gasteiger charge is 2.10. The summed E-state index contributed by atoms with van der Waals surface area (Å²) in [5.41, 5.74) is 7.96. The monoisotopic (exact) mass is 247 g/mol. The van der Waals surface area contributed by atoms with Crippen LogP contribution < -0.4 is 5.73 Å². The van der Waals surface area contributed by atoms with Gasteiger partial charge in [0.25, 0.3) is 0 Å². The van der Waals surface area contributed by atoms with Gasteiger partial charge in [0.15, 0.2) is 0 Å². The van der Waals surface area contributed by atoms with Crippen LogP contribution in [-0.2, 0) is 0 Å². The Kier molecular flexibility index (Phi) is 3.02. The maximum absolute atomic E-state index is 10.9. The summed E-state index contributed by atoms with van der Waals surface area (Å²) in [6.07, 6.45) is 0. The van der Waals surface area contributed by atoms with Gasteiger partial charge in [0.05, 0.1) is 5.56 Å². The van der Waals surface area contributed by atoms with Gasteiger partial charge in [-0.1, -0.05) is 29.8 Å². The maximum Gasteiger partial charge on any atom is 0.335 e. The van der Waals surface area contributed by atoms with Crippen molar-refractivity contribution in [2.24, 2.45) is 0 Å². The minimum absolute atomic E-state index is 0.188. The molecule has 0 radical (unpaired) electrons. The standard InChI is InChI=1S/C13H10ClNO2/c14-11-6-5-8(13(16)17)7-10(11)9-3-1-2-4-12(9)15/h1-7H,15H2,(H,16,17). The molecule has 0 aliphatic rings.